The van der Waals surface area contributed by atoms with Crippen molar-refractivity contribution in [3.63, 3.8) is 0 Å². The second-order valence-electron chi connectivity index (χ2n) is 5.43. The van der Waals surface area contributed by atoms with Crippen molar-refractivity contribution in [3.8, 4) is 5.75 Å². The summed E-state index contributed by atoms with van der Waals surface area (Å²) < 4.78 is 30.9. The molecule has 2 aromatic carbocycles. The molecular formula is C17H16ClN3O5S2. The largest absolute Gasteiger partial charge is 0.484 e. The Morgan fingerprint density at radius 1 is 1.07 bits per heavy atom. The highest BCUT2D eigenvalue weighted by atomic mass is 35.5. The SMILES string of the molecule is CC(=O)NS(=O)(=O)c1ccc(NC(=S)NC(=O)COc2ccc(Cl)cc2)cc1. The summed E-state index contributed by atoms with van der Waals surface area (Å²) in [4.78, 5) is 22.7. The number of ether oxygens (including phenoxy) is 1. The molecule has 8 nitrogen and oxygen atoms in total. The van der Waals surface area contributed by atoms with Crippen molar-refractivity contribution in [3.05, 3.63) is 53.6 Å². The predicted octanol–water partition coefficient (Wildman–Crippen LogP) is 2.06. The van der Waals surface area contributed by atoms with Gasteiger partial charge in [0.25, 0.3) is 15.9 Å². The third-order valence-corrected chi connectivity index (χ3v) is 5.04. The van der Waals surface area contributed by atoms with Crippen LogP contribution in [0.15, 0.2) is 53.4 Å². The van der Waals surface area contributed by atoms with E-state index >= 15 is 0 Å². The Balaban J connectivity index is 1.86. The van der Waals surface area contributed by atoms with Gasteiger partial charge in [-0.1, -0.05) is 11.6 Å². The van der Waals surface area contributed by atoms with Crippen LogP contribution in [0.2, 0.25) is 5.02 Å². The molecule has 2 amide bonds. The Morgan fingerprint density at radius 3 is 2.25 bits per heavy atom. The fourth-order valence-electron chi connectivity index (χ4n) is 1.97. The first-order valence-electron chi connectivity index (χ1n) is 7.78. The zero-order valence-corrected chi connectivity index (χ0v) is 17.0. The summed E-state index contributed by atoms with van der Waals surface area (Å²) in [5, 5.41) is 5.75. The van der Waals surface area contributed by atoms with E-state index in [0.29, 0.717) is 16.5 Å². The molecule has 11 heteroatoms. The van der Waals surface area contributed by atoms with Crippen molar-refractivity contribution < 1.29 is 22.7 Å². The summed E-state index contributed by atoms with van der Waals surface area (Å²) in [5.74, 6) is -0.682. The molecule has 0 bridgehead atoms. The smallest absolute Gasteiger partial charge is 0.264 e. The van der Waals surface area contributed by atoms with Gasteiger partial charge in [0.15, 0.2) is 11.7 Å². The number of carbonyl (C=O) groups excluding carboxylic acids is 2. The zero-order chi connectivity index (χ0) is 20.7. The van der Waals surface area contributed by atoms with E-state index < -0.39 is 21.8 Å². The second kappa shape index (κ2) is 9.49. The topological polar surface area (TPSA) is 114 Å². The van der Waals surface area contributed by atoms with E-state index in [-0.39, 0.29) is 16.6 Å². The molecule has 0 heterocycles. The van der Waals surface area contributed by atoms with Gasteiger partial charge in [-0.15, -0.1) is 0 Å². The van der Waals surface area contributed by atoms with Gasteiger partial charge in [-0.3, -0.25) is 14.9 Å². The number of thiocarbonyl (C=S) groups is 1. The summed E-state index contributed by atoms with van der Waals surface area (Å²) in [5.41, 5.74) is 0.450. The number of carbonyl (C=O) groups is 2. The molecule has 2 aromatic rings. The van der Waals surface area contributed by atoms with Crippen LogP contribution in [0.25, 0.3) is 0 Å². The van der Waals surface area contributed by atoms with Crippen molar-refractivity contribution in [1.82, 2.24) is 10.0 Å². The highest BCUT2D eigenvalue weighted by Gasteiger charge is 2.15. The molecule has 0 aliphatic heterocycles. The first-order chi connectivity index (χ1) is 13.2. The average Bonchev–Trinajstić information content (AvgIpc) is 2.60. The fraction of sp³-hybridized carbons (Fsp3) is 0.118. The molecule has 28 heavy (non-hydrogen) atoms. The Bertz CT molecular complexity index is 977. The molecule has 0 saturated heterocycles. The number of sulfonamides is 1. The van der Waals surface area contributed by atoms with Crippen LogP contribution in [-0.2, 0) is 19.6 Å². The van der Waals surface area contributed by atoms with Gasteiger partial charge in [-0.25, -0.2) is 13.1 Å². The van der Waals surface area contributed by atoms with Gasteiger partial charge in [-0.05, 0) is 60.7 Å². The number of anilines is 1. The quantitative estimate of drug-likeness (QED) is 0.588. The molecule has 2 rings (SSSR count). The molecule has 148 valence electrons. The van der Waals surface area contributed by atoms with Crippen molar-refractivity contribution in [2.75, 3.05) is 11.9 Å². The van der Waals surface area contributed by atoms with E-state index in [2.05, 4.69) is 10.6 Å². The Morgan fingerprint density at radius 2 is 1.68 bits per heavy atom. The lowest BCUT2D eigenvalue weighted by Crippen LogP contribution is -2.37. The second-order valence-corrected chi connectivity index (χ2v) is 7.96. The van der Waals surface area contributed by atoms with E-state index in [9.17, 15) is 18.0 Å². The van der Waals surface area contributed by atoms with Crippen LogP contribution in [0.3, 0.4) is 0 Å². The molecular weight excluding hydrogens is 426 g/mol. The van der Waals surface area contributed by atoms with Gasteiger partial charge in [0, 0.05) is 17.6 Å². The predicted molar refractivity (Wildman–Crippen MR) is 109 cm³/mol. The lowest BCUT2D eigenvalue weighted by Gasteiger charge is -2.11. The van der Waals surface area contributed by atoms with Gasteiger partial charge in [-0.2, -0.15) is 0 Å². The molecule has 0 aliphatic rings. The number of nitrogens with one attached hydrogen (secondary N) is 3. The van der Waals surface area contributed by atoms with E-state index in [1.807, 2.05) is 4.72 Å². The third-order valence-electron chi connectivity index (χ3n) is 3.14. The number of hydrogen-bond acceptors (Lipinski definition) is 6. The van der Waals surface area contributed by atoms with Gasteiger partial charge < -0.3 is 10.1 Å². The van der Waals surface area contributed by atoms with Crippen molar-refractivity contribution in [2.24, 2.45) is 0 Å². The Hall–Kier alpha value is -2.69. The minimum Gasteiger partial charge on any atom is -0.484 e. The van der Waals surface area contributed by atoms with Crippen molar-refractivity contribution in [2.45, 2.75) is 11.8 Å². The molecule has 0 fully saturated rings. The Labute approximate surface area is 172 Å². The highest BCUT2D eigenvalue weighted by Crippen LogP contribution is 2.15. The zero-order valence-electron chi connectivity index (χ0n) is 14.6. The van der Waals surface area contributed by atoms with E-state index in [1.165, 1.54) is 24.3 Å². The third kappa shape index (κ3) is 6.80. The first-order valence-corrected chi connectivity index (χ1v) is 10.1. The van der Waals surface area contributed by atoms with Crippen LogP contribution in [0.4, 0.5) is 5.69 Å². The summed E-state index contributed by atoms with van der Waals surface area (Å²) in [6.45, 7) is 0.850. The normalized spacial score (nSPS) is 10.6. The van der Waals surface area contributed by atoms with E-state index in [1.54, 1.807) is 24.3 Å². The maximum atomic E-state index is 11.9. The summed E-state index contributed by atoms with van der Waals surface area (Å²) in [6.07, 6.45) is 0. The molecule has 0 unspecified atom stereocenters. The van der Waals surface area contributed by atoms with Gasteiger partial charge in [0.1, 0.15) is 5.75 Å². The number of halogens is 1. The average molecular weight is 442 g/mol. The van der Waals surface area contributed by atoms with E-state index in [0.717, 1.165) is 6.92 Å². The summed E-state index contributed by atoms with van der Waals surface area (Å²) >= 11 is 10.8. The van der Waals surface area contributed by atoms with Crippen LogP contribution in [0.5, 0.6) is 5.75 Å². The number of benzene rings is 2. The molecule has 0 aromatic heterocycles. The number of rotatable bonds is 6. The molecule has 0 saturated carbocycles. The fourth-order valence-corrected chi connectivity index (χ4v) is 3.32. The molecule has 0 aliphatic carbocycles. The molecule has 0 spiro atoms. The first kappa shape index (κ1) is 21.6. The number of hydrogen-bond donors (Lipinski definition) is 3. The minimum atomic E-state index is -3.91. The van der Waals surface area contributed by atoms with Crippen LogP contribution in [0.1, 0.15) is 6.92 Å². The molecule has 0 radical (unpaired) electrons. The van der Waals surface area contributed by atoms with Crippen LogP contribution >= 0.6 is 23.8 Å². The number of amides is 2. The van der Waals surface area contributed by atoms with E-state index in [4.69, 9.17) is 28.6 Å². The minimum absolute atomic E-state index is 0.0159. The lowest BCUT2D eigenvalue weighted by atomic mass is 10.3. The Kier molecular flexibility index (Phi) is 7.32. The van der Waals surface area contributed by atoms with Crippen LogP contribution in [0, 0.1) is 0 Å². The van der Waals surface area contributed by atoms with Gasteiger partial charge in [0.05, 0.1) is 4.90 Å². The molecule has 3 N–H and O–H groups in total. The maximum Gasteiger partial charge on any atom is 0.264 e. The summed E-state index contributed by atoms with van der Waals surface area (Å²) in [7, 11) is -3.91. The lowest BCUT2D eigenvalue weighted by molar-refractivity contribution is -0.121. The monoisotopic (exact) mass is 441 g/mol. The van der Waals surface area contributed by atoms with Gasteiger partial charge in [0.2, 0.25) is 5.91 Å². The standard InChI is InChI=1S/C17H16ClN3O5S2/c1-11(22)21-28(24,25)15-8-4-13(5-9-15)19-17(27)20-16(23)10-26-14-6-2-12(18)3-7-14/h2-9H,10H2,1H3,(H,21,22)(H2,19,20,23,27). The highest BCUT2D eigenvalue weighted by molar-refractivity contribution is 7.90. The van der Waals surface area contributed by atoms with Crippen LogP contribution < -0.4 is 20.1 Å². The van der Waals surface area contributed by atoms with Gasteiger partial charge >= 0.3 is 0 Å². The van der Waals surface area contributed by atoms with Crippen LogP contribution in [-0.4, -0.2) is 32.0 Å². The van der Waals surface area contributed by atoms with Crippen molar-refractivity contribution in [1.29, 1.82) is 0 Å². The van der Waals surface area contributed by atoms with Crippen molar-refractivity contribution >= 4 is 56.5 Å². The molecule has 0 atom stereocenters. The summed E-state index contributed by atoms with van der Waals surface area (Å²) in [6, 6.07) is 12.0. The maximum absolute atomic E-state index is 11.9.